The van der Waals surface area contributed by atoms with Gasteiger partial charge in [0, 0.05) is 22.6 Å². The highest BCUT2D eigenvalue weighted by atomic mass is 16.5. The van der Waals surface area contributed by atoms with Gasteiger partial charge in [0.25, 0.3) is 0 Å². The van der Waals surface area contributed by atoms with Crippen LogP contribution in [0.15, 0.2) is 53.6 Å². The van der Waals surface area contributed by atoms with Crippen LogP contribution in [0.25, 0.3) is 0 Å². The van der Waals surface area contributed by atoms with Crippen molar-refractivity contribution in [3.8, 4) is 0 Å². The second kappa shape index (κ2) is 11.8. The fourth-order valence-corrected chi connectivity index (χ4v) is 4.89. The number of Topliss-reactive ketones (excluding diaryl/α,β-unsaturated/α-hetero) is 1. The summed E-state index contributed by atoms with van der Waals surface area (Å²) in [5.41, 5.74) is 2.24. The molecule has 1 aliphatic carbocycles. The summed E-state index contributed by atoms with van der Waals surface area (Å²) >= 11 is 0. The highest BCUT2D eigenvalue weighted by Gasteiger charge is 2.36. The molecule has 0 unspecified atom stereocenters. The number of hydrazone groups is 1. The molecular formula is C30H36N4O5. The number of carbonyl (C=O) groups excluding carboxylic acids is 4. The summed E-state index contributed by atoms with van der Waals surface area (Å²) in [4.78, 5) is 53.5. The zero-order valence-corrected chi connectivity index (χ0v) is 23.0. The number of nitrogens with one attached hydrogen (secondary N) is 1. The molecule has 0 aromatic heterocycles. The quantitative estimate of drug-likeness (QED) is 0.490. The summed E-state index contributed by atoms with van der Waals surface area (Å²) in [7, 11) is 1.29. The van der Waals surface area contributed by atoms with Gasteiger partial charge in [0.15, 0.2) is 5.78 Å². The number of amides is 3. The van der Waals surface area contributed by atoms with Gasteiger partial charge in [-0.15, -0.1) is 0 Å². The van der Waals surface area contributed by atoms with E-state index < -0.39 is 23.3 Å². The number of hydrogen-bond donors (Lipinski definition) is 1. The predicted octanol–water partition coefficient (Wildman–Crippen LogP) is 5.25. The van der Waals surface area contributed by atoms with Crippen LogP contribution in [0, 0.1) is 11.3 Å². The van der Waals surface area contributed by atoms with Gasteiger partial charge in [-0.3, -0.25) is 14.5 Å². The lowest BCUT2D eigenvalue weighted by atomic mass is 9.83. The van der Waals surface area contributed by atoms with Crippen LogP contribution in [-0.2, 0) is 14.3 Å². The van der Waals surface area contributed by atoms with Crippen LogP contribution in [0.2, 0.25) is 0 Å². The molecule has 9 heteroatoms. The molecule has 0 radical (unpaired) electrons. The molecule has 0 atom stereocenters. The van der Waals surface area contributed by atoms with E-state index in [4.69, 9.17) is 9.84 Å². The highest BCUT2D eigenvalue weighted by Crippen LogP contribution is 2.34. The van der Waals surface area contributed by atoms with Gasteiger partial charge in [-0.05, 0) is 37.1 Å². The van der Waals surface area contributed by atoms with Gasteiger partial charge in [-0.2, -0.15) is 5.10 Å². The van der Waals surface area contributed by atoms with Gasteiger partial charge in [-0.1, -0.05) is 64.3 Å². The topological polar surface area (TPSA) is 108 Å². The second-order valence-corrected chi connectivity index (χ2v) is 11.1. The zero-order chi connectivity index (χ0) is 28.2. The number of ether oxygens (including phenoxy) is 1. The zero-order valence-electron chi connectivity index (χ0n) is 23.0. The van der Waals surface area contributed by atoms with Crippen molar-refractivity contribution >= 4 is 40.8 Å². The number of para-hydroxylation sites is 1. The first kappa shape index (κ1) is 28.0. The number of benzene rings is 2. The van der Waals surface area contributed by atoms with Crippen LogP contribution in [0.3, 0.4) is 0 Å². The molecule has 1 N–H and O–H groups in total. The van der Waals surface area contributed by atoms with Crippen LogP contribution < -0.4 is 10.2 Å². The molecule has 4 rings (SSSR count). The summed E-state index contributed by atoms with van der Waals surface area (Å²) in [6, 6.07) is 13.4. The molecule has 3 amide bonds. The molecule has 1 aliphatic heterocycles. The average Bonchev–Trinajstić information content (AvgIpc) is 3.03. The third kappa shape index (κ3) is 6.53. The van der Waals surface area contributed by atoms with E-state index in [-0.39, 0.29) is 24.8 Å². The van der Waals surface area contributed by atoms with Gasteiger partial charge in [0.2, 0.25) is 5.91 Å². The van der Waals surface area contributed by atoms with Crippen molar-refractivity contribution < 1.29 is 23.9 Å². The number of esters is 1. The largest absolute Gasteiger partial charge is 0.465 e. The molecule has 206 valence electrons. The van der Waals surface area contributed by atoms with Crippen molar-refractivity contribution in [1.29, 1.82) is 0 Å². The Morgan fingerprint density at radius 1 is 1.00 bits per heavy atom. The molecule has 1 saturated carbocycles. The molecule has 1 fully saturated rings. The SMILES string of the molecule is COC(=O)c1cccc(NC(=O)CN2N=C(C3CCCCC3)c3ccccc3N(CC(=O)C(C)(C)C)C2=O)c1. The third-order valence-corrected chi connectivity index (χ3v) is 7.14. The van der Waals surface area contributed by atoms with Crippen molar-refractivity contribution in [3.63, 3.8) is 0 Å². The summed E-state index contributed by atoms with van der Waals surface area (Å²) in [5.74, 6) is -0.957. The van der Waals surface area contributed by atoms with Gasteiger partial charge in [-0.25, -0.2) is 14.6 Å². The van der Waals surface area contributed by atoms with E-state index in [1.54, 1.807) is 18.2 Å². The third-order valence-electron chi connectivity index (χ3n) is 7.14. The predicted molar refractivity (Wildman–Crippen MR) is 150 cm³/mol. The molecule has 0 bridgehead atoms. The number of urea groups is 1. The van der Waals surface area contributed by atoms with Crippen molar-refractivity contribution in [2.45, 2.75) is 52.9 Å². The lowest BCUT2D eigenvalue weighted by molar-refractivity contribution is -0.124. The minimum atomic E-state index is -0.651. The first-order chi connectivity index (χ1) is 18.6. The number of carbonyl (C=O) groups is 4. The fraction of sp³-hybridized carbons (Fsp3) is 0.433. The molecule has 0 saturated heterocycles. The van der Waals surface area contributed by atoms with E-state index >= 15 is 0 Å². The Labute approximate surface area is 229 Å². The van der Waals surface area contributed by atoms with E-state index in [0.29, 0.717) is 16.9 Å². The van der Waals surface area contributed by atoms with Crippen molar-refractivity contribution in [3.05, 3.63) is 59.7 Å². The number of ketones is 1. The lowest BCUT2D eigenvalue weighted by Gasteiger charge is -2.28. The van der Waals surface area contributed by atoms with Crippen molar-refractivity contribution in [2.75, 3.05) is 30.4 Å². The van der Waals surface area contributed by atoms with E-state index in [1.165, 1.54) is 23.1 Å². The molecule has 0 spiro atoms. The molecule has 9 nitrogen and oxygen atoms in total. The highest BCUT2D eigenvalue weighted by molar-refractivity contribution is 6.13. The van der Waals surface area contributed by atoms with Crippen molar-refractivity contribution in [2.24, 2.45) is 16.4 Å². The van der Waals surface area contributed by atoms with Crippen LogP contribution >= 0.6 is 0 Å². The number of methoxy groups -OCH3 is 1. The Kier molecular flexibility index (Phi) is 8.47. The van der Waals surface area contributed by atoms with Gasteiger partial charge >= 0.3 is 12.0 Å². The maximum absolute atomic E-state index is 13.9. The van der Waals surface area contributed by atoms with Gasteiger partial charge in [0.1, 0.15) is 6.54 Å². The van der Waals surface area contributed by atoms with E-state index in [0.717, 1.165) is 43.4 Å². The maximum Gasteiger partial charge on any atom is 0.345 e. The lowest BCUT2D eigenvalue weighted by Crippen LogP contribution is -2.47. The van der Waals surface area contributed by atoms with E-state index in [1.807, 2.05) is 45.0 Å². The summed E-state index contributed by atoms with van der Waals surface area (Å²) in [5, 5.41) is 8.71. The molecule has 39 heavy (non-hydrogen) atoms. The first-order valence-electron chi connectivity index (χ1n) is 13.4. The standard InChI is InChI=1S/C30H36N4O5/c1-30(2,3)25(35)18-33-24-16-9-8-15-23(24)27(20-11-6-5-7-12-20)32-34(29(33)38)19-26(36)31-22-14-10-13-21(17-22)28(37)39-4/h8-10,13-17,20H,5-7,11-12,18-19H2,1-4H3,(H,31,36). The van der Waals surface area contributed by atoms with Gasteiger partial charge in [0.05, 0.1) is 30.6 Å². The number of rotatable bonds is 7. The fourth-order valence-electron chi connectivity index (χ4n) is 4.89. The van der Waals surface area contributed by atoms with Crippen LogP contribution in [0.4, 0.5) is 16.2 Å². The Balaban J connectivity index is 1.68. The van der Waals surface area contributed by atoms with E-state index in [9.17, 15) is 19.2 Å². The summed E-state index contributed by atoms with van der Waals surface area (Å²) < 4.78 is 4.76. The smallest absolute Gasteiger partial charge is 0.345 e. The second-order valence-electron chi connectivity index (χ2n) is 11.1. The molecule has 2 aromatic rings. The average molecular weight is 533 g/mol. The van der Waals surface area contributed by atoms with Crippen LogP contribution in [-0.4, -0.2) is 54.6 Å². The maximum atomic E-state index is 13.9. The molecule has 2 aliphatic rings. The Hall–Kier alpha value is -4.01. The summed E-state index contributed by atoms with van der Waals surface area (Å²) in [6.45, 7) is 4.97. The normalized spacial score (nSPS) is 16.2. The van der Waals surface area contributed by atoms with Crippen molar-refractivity contribution in [1.82, 2.24) is 5.01 Å². The van der Waals surface area contributed by atoms with Crippen LogP contribution in [0.5, 0.6) is 0 Å². The Bertz CT molecular complexity index is 1290. The first-order valence-corrected chi connectivity index (χ1v) is 13.4. The number of hydrogen-bond acceptors (Lipinski definition) is 6. The molecule has 1 heterocycles. The summed E-state index contributed by atoms with van der Waals surface area (Å²) in [6.07, 6.45) is 5.20. The Morgan fingerprint density at radius 2 is 1.72 bits per heavy atom. The van der Waals surface area contributed by atoms with Gasteiger partial charge < -0.3 is 10.1 Å². The van der Waals surface area contributed by atoms with E-state index in [2.05, 4.69) is 5.32 Å². The molecular weight excluding hydrogens is 496 g/mol. The number of nitrogens with zero attached hydrogens (tertiary/aromatic N) is 3. The number of fused-ring (bicyclic) bond motifs is 1. The monoisotopic (exact) mass is 532 g/mol. The van der Waals surface area contributed by atoms with Crippen LogP contribution in [0.1, 0.15) is 68.8 Å². The molecule has 2 aromatic carbocycles. The minimum absolute atomic E-state index is 0.101. The minimum Gasteiger partial charge on any atom is -0.465 e. The Morgan fingerprint density at radius 3 is 2.41 bits per heavy atom. The number of anilines is 2.